The number of aromatic nitrogens is 4. The molecule has 7 nitrogen and oxygen atoms in total. The van der Waals surface area contributed by atoms with E-state index in [2.05, 4.69) is 15.1 Å². The molecule has 3 rings (SSSR count). The Morgan fingerprint density at radius 3 is 3.14 bits per heavy atom. The van der Waals surface area contributed by atoms with Gasteiger partial charge in [-0.3, -0.25) is 4.68 Å². The summed E-state index contributed by atoms with van der Waals surface area (Å²) in [6.45, 7) is 0. The number of aryl methyl sites for hydroxylation is 1. The average Bonchev–Trinajstić information content (AvgIpc) is 3.12. The van der Waals surface area contributed by atoms with Crippen molar-refractivity contribution in [3.8, 4) is 0 Å². The summed E-state index contributed by atoms with van der Waals surface area (Å²) in [4.78, 5) is 20.0. The van der Waals surface area contributed by atoms with Gasteiger partial charge in [0.15, 0.2) is 5.65 Å². The first-order valence-corrected chi connectivity index (χ1v) is 7.09. The normalized spacial score (nSPS) is 11.0. The summed E-state index contributed by atoms with van der Waals surface area (Å²) in [6, 6.07) is 1.60. The van der Waals surface area contributed by atoms with Crippen LogP contribution in [-0.2, 0) is 17.5 Å². The highest BCUT2D eigenvalue weighted by Crippen LogP contribution is 2.28. The Kier molecular flexibility index (Phi) is 3.61. The first-order valence-electron chi connectivity index (χ1n) is 6.11. The van der Waals surface area contributed by atoms with Crippen LogP contribution in [-0.4, -0.2) is 32.8 Å². The largest absolute Gasteiger partial charge is 0.468 e. The van der Waals surface area contributed by atoms with Crippen LogP contribution >= 0.6 is 11.8 Å². The third kappa shape index (κ3) is 2.49. The number of fused-ring (bicyclic) bond motifs is 1. The summed E-state index contributed by atoms with van der Waals surface area (Å²) < 4.78 is 11.7. The Bertz CT molecular complexity index is 796. The van der Waals surface area contributed by atoms with Gasteiger partial charge in [-0.1, -0.05) is 11.8 Å². The Labute approximate surface area is 124 Å². The van der Waals surface area contributed by atoms with Crippen LogP contribution in [0.3, 0.4) is 0 Å². The van der Waals surface area contributed by atoms with Gasteiger partial charge in [0.1, 0.15) is 22.7 Å². The molecule has 0 bridgehead atoms. The van der Waals surface area contributed by atoms with Crippen LogP contribution in [0.4, 0.5) is 0 Å². The van der Waals surface area contributed by atoms with Crippen LogP contribution in [0.5, 0.6) is 0 Å². The molecule has 0 saturated heterocycles. The number of hydrogen-bond acceptors (Lipinski definition) is 7. The van der Waals surface area contributed by atoms with Gasteiger partial charge < -0.3 is 9.15 Å². The highest BCUT2D eigenvalue weighted by atomic mass is 32.2. The third-order valence-corrected chi connectivity index (χ3v) is 3.99. The van der Waals surface area contributed by atoms with Crippen molar-refractivity contribution >= 4 is 28.8 Å². The van der Waals surface area contributed by atoms with E-state index in [0.717, 1.165) is 16.1 Å². The Balaban J connectivity index is 1.84. The highest BCUT2D eigenvalue weighted by molar-refractivity contribution is 7.98. The summed E-state index contributed by atoms with van der Waals surface area (Å²) in [5.41, 5.74) is 1.20. The zero-order valence-electron chi connectivity index (χ0n) is 11.4. The highest BCUT2D eigenvalue weighted by Gasteiger charge is 2.16. The molecule has 0 aliphatic heterocycles. The Hall–Kier alpha value is -2.35. The van der Waals surface area contributed by atoms with Gasteiger partial charge in [0.05, 0.1) is 30.7 Å². The second kappa shape index (κ2) is 5.57. The first kappa shape index (κ1) is 13.6. The molecule has 3 aromatic rings. The van der Waals surface area contributed by atoms with E-state index in [9.17, 15) is 4.79 Å². The van der Waals surface area contributed by atoms with E-state index in [1.807, 2.05) is 7.05 Å². The number of methoxy groups -OCH3 is 1. The van der Waals surface area contributed by atoms with E-state index in [1.54, 1.807) is 16.9 Å². The van der Waals surface area contributed by atoms with Crippen LogP contribution in [0, 0.1) is 0 Å². The van der Waals surface area contributed by atoms with Gasteiger partial charge in [-0.2, -0.15) is 5.10 Å². The molecule has 3 aromatic heterocycles. The van der Waals surface area contributed by atoms with Crippen molar-refractivity contribution in [3.05, 3.63) is 36.2 Å². The van der Waals surface area contributed by atoms with Crippen LogP contribution in [0.15, 0.2) is 34.3 Å². The molecule has 21 heavy (non-hydrogen) atoms. The van der Waals surface area contributed by atoms with Crippen molar-refractivity contribution in [2.45, 2.75) is 10.8 Å². The van der Waals surface area contributed by atoms with Gasteiger partial charge in [0.2, 0.25) is 0 Å². The molecule has 0 aliphatic rings. The third-order valence-electron chi connectivity index (χ3n) is 2.98. The van der Waals surface area contributed by atoms with Crippen LogP contribution in [0.1, 0.15) is 16.1 Å². The topological polar surface area (TPSA) is 83.0 Å². The van der Waals surface area contributed by atoms with Gasteiger partial charge in [-0.05, 0) is 6.07 Å². The lowest BCUT2D eigenvalue weighted by atomic mass is 10.3. The molecule has 0 aromatic carbocycles. The fraction of sp³-hybridized carbons (Fsp3) is 0.231. The lowest BCUT2D eigenvalue weighted by Gasteiger charge is -2.02. The van der Waals surface area contributed by atoms with Crippen molar-refractivity contribution < 1.29 is 13.9 Å². The number of furan rings is 1. The predicted octanol–water partition coefficient (Wildman–Crippen LogP) is 2.04. The standard InChI is InChI=1S/C13H12N4O3S/c1-17-11-9(5-16-17)12(15-7-14-11)21-6-10-8(3-4-20-10)13(18)19-2/h3-5,7H,6H2,1-2H3. The molecular weight excluding hydrogens is 292 g/mol. The van der Waals surface area contributed by atoms with Crippen LogP contribution in [0.25, 0.3) is 11.0 Å². The maximum Gasteiger partial charge on any atom is 0.341 e. The van der Waals surface area contributed by atoms with Crippen LogP contribution < -0.4 is 0 Å². The van der Waals surface area contributed by atoms with Crippen molar-refractivity contribution in [1.82, 2.24) is 19.7 Å². The fourth-order valence-corrected chi connectivity index (χ4v) is 2.85. The smallest absolute Gasteiger partial charge is 0.341 e. The zero-order chi connectivity index (χ0) is 14.8. The molecule has 0 atom stereocenters. The second-order valence-electron chi connectivity index (χ2n) is 4.22. The van der Waals surface area contributed by atoms with Gasteiger partial charge in [-0.15, -0.1) is 0 Å². The molecule has 108 valence electrons. The average molecular weight is 304 g/mol. The monoisotopic (exact) mass is 304 g/mol. The maximum atomic E-state index is 11.6. The zero-order valence-corrected chi connectivity index (χ0v) is 12.3. The summed E-state index contributed by atoms with van der Waals surface area (Å²) in [5, 5.41) is 5.83. The molecule has 0 spiro atoms. The number of rotatable bonds is 4. The van der Waals surface area contributed by atoms with Gasteiger partial charge in [0, 0.05) is 7.05 Å². The minimum absolute atomic E-state index is 0.409. The van der Waals surface area contributed by atoms with Crippen molar-refractivity contribution in [2.24, 2.45) is 7.05 Å². The van der Waals surface area contributed by atoms with Crippen molar-refractivity contribution in [1.29, 1.82) is 0 Å². The van der Waals surface area contributed by atoms with E-state index in [1.165, 1.54) is 31.5 Å². The summed E-state index contributed by atoms with van der Waals surface area (Å²) in [5.74, 6) is 0.620. The molecule has 0 unspecified atom stereocenters. The summed E-state index contributed by atoms with van der Waals surface area (Å²) >= 11 is 1.46. The molecule has 0 radical (unpaired) electrons. The fourth-order valence-electron chi connectivity index (χ4n) is 1.93. The SMILES string of the molecule is COC(=O)c1ccoc1CSc1ncnc2c1cnn2C. The molecule has 0 N–H and O–H groups in total. The Morgan fingerprint density at radius 1 is 1.48 bits per heavy atom. The van der Waals surface area contributed by atoms with E-state index in [-0.39, 0.29) is 0 Å². The number of thioether (sulfide) groups is 1. The number of nitrogens with zero attached hydrogens (tertiary/aromatic N) is 4. The van der Waals surface area contributed by atoms with Crippen molar-refractivity contribution in [3.63, 3.8) is 0 Å². The molecule has 0 aliphatic carbocycles. The minimum atomic E-state index is -0.409. The summed E-state index contributed by atoms with van der Waals surface area (Å²) in [7, 11) is 3.17. The second-order valence-corrected chi connectivity index (χ2v) is 5.19. The van der Waals surface area contributed by atoms with E-state index in [0.29, 0.717) is 17.1 Å². The number of hydrogen-bond donors (Lipinski definition) is 0. The number of carbonyl (C=O) groups is 1. The first-order chi connectivity index (χ1) is 10.2. The molecular formula is C13H12N4O3S. The Morgan fingerprint density at radius 2 is 2.33 bits per heavy atom. The van der Waals surface area contributed by atoms with Crippen molar-refractivity contribution in [2.75, 3.05) is 7.11 Å². The number of ether oxygens (including phenoxy) is 1. The van der Waals surface area contributed by atoms with E-state index in [4.69, 9.17) is 9.15 Å². The molecule has 3 heterocycles. The quantitative estimate of drug-likeness (QED) is 0.414. The van der Waals surface area contributed by atoms with Crippen LogP contribution in [0.2, 0.25) is 0 Å². The summed E-state index contributed by atoms with van der Waals surface area (Å²) in [6.07, 6.45) is 4.69. The van der Waals surface area contributed by atoms with Gasteiger partial charge in [-0.25, -0.2) is 14.8 Å². The van der Waals surface area contributed by atoms with E-state index >= 15 is 0 Å². The predicted molar refractivity (Wildman–Crippen MR) is 75.9 cm³/mol. The van der Waals surface area contributed by atoms with Gasteiger partial charge in [0.25, 0.3) is 0 Å². The lowest BCUT2D eigenvalue weighted by Crippen LogP contribution is -2.02. The molecule has 0 amide bonds. The maximum absolute atomic E-state index is 11.6. The molecule has 0 fully saturated rings. The van der Waals surface area contributed by atoms with Gasteiger partial charge >= 0.3 is 5.97 Å². The molecule has 0 saturated carbocycles. The number of carbonyl (C=O) groups excluding carboxylic acids is 1. The van der Waals surface area contributed by atoms with E-state index < -0.39 is 5.97 Å². The number of esters is 1. The minimum Gasteiger partial charge on any atom is -0.468 e. The molecule has 8 heteroatoms. The lowest BCUT2D eigenvalue weighted by molar-refractivity contribution is 0.0598.